The number of aryl methyl sites for hydroxylation is 1. The molecule has 0 saturated carbocycles. The summed E-state index contributed by atoms with van der Waals surface area (Å²) < 4.78 is 5.43. The number of carbonyl (C=O) groups is 1. The van der Waals surface area contributed by atoms with Crippen molar-refractivity contribution in [3.05, 3.63) is 71.5 Å². The highest BCUT2D eigenvalue weighted by atomic mass is 16.5. The van der Waals surface area contributed by atoms with E-state index in [-0.39, 0.29) is 12.3 Å². The van der Waals surface area contributed by atoms with Crippen molar-refractivity contribution in [1.82, 2.24) is 4.98 Å². The lowest BCUT2D eigenvalue weighted by Gasteiger charge is -2.17. The Bertz CT molecular complexity index is 1010. The fourth-order valence-electron chi connectivity index (χ4n) is 3.86. The van der Waals surface area contributed by atoms with E-state index in [4.69, 9.17) is 10.4 Å². The van der Waals surface area contributed by atoms with E-state index in [1.165, 1.54) is 0 Å². The largest absolute Gasteiger partial charge is 0.491 e. The first-order chi connectivity index (χ1) is 13.7. The highest BCUT2D eigenvalue weighted by Crippen LogP contribution is 2.21. The highest BCUT2D eigenvalue weighted by Gasteiger charge is 2.26. The number of ketones is 1. The van der Waals surface area contributed by atoms with Gasteiger partial charge in [0, 0.05) is 37.4 Å². The van der Waals surface area contributed by atoms with Gasteiger partial charge in [0.25, 0.3) is 0 Å². The van der Waals surface area contributed by atoms with Crippen LogP contribution in [-0.4, -0.2) is 36.1 Å². The van der Waals surface area contributed by atoms with E-state index in [0.717, 1.165) is 45.8 Å². The molecule has 1 aromatic heterocycles. The van der Waals surface area contributed by atoms with Gasteiger partial charge in [-0.3, -0.25) is 9.78 Å². The summed E-state index contributed by atoms with van der Waals surface area (Å²) in [6.07, 6.45) is 5.61. The van der Waals surface area contributed by atoms with Crippen LogP contribution in [0.15, 0.2) is 54.9 Å². The maximum Gasteiger partial charge on any atom is 0.491 e. The molecule has 0 amide bonds. The fraction of sp³-hybridized carbons (Fsp3) is 0.273. The summed E-state index contributed by atoms with van der Waals surface area (Å²) in [5, 5.41) is 12.4. The maximum atomic E-state index is 13.0. The van der Waals surface area contributed by atoms with Gasteiger partial charge in [0.1, 0.15) is 5.78 Å². The molecule has 6 heteroatoms. The standard InChI is InChI=1S/C22H23BN2O3/c24-13-20(18-6-5-16-2-1-9-28-23(27)21(16)12-18)22(26)11-15-3-4-19-14-25-8-7-17(19)10-15/h3-8,10,12,14,20,27H,1-2,9,11,13,24H2. The van der Waals surface area contributed by atoms with Crippen LogP contribution in [0.1, 0.15) is 29.0 Å². The first-order valence-electron chi connectivity index (χ1n) is 9.63. The van der Waals surface area contributed by atoms with E-state index in [0.29, 0.717) is 13.0 Å². The van der Waals surface area contributed by atoms with Crippen molar-refractivity contribution in [2.45, 2.75) is 25.2 Å². The fourth-order valence-corrected chi connectivity index (χ4v) is 3.86. The molecule has 0 spiro atoms. The number of carbonyl (C=O) groups excluding carboxylic acids is 1. The molecule has 28 heavy (non-hydrogen) atoms. The molecule has 1 atom stereocenters. The second kappa shape index (κ2) is 8.23. The summed E-state index contributed by atoms with van der Waals surface area (Å²) >= 11 is 0. The summed E-state index contributed by atoms with van der Waals surface area (Å²) in [5.74, 6) is -0.339. The van der Waals surface area contributed by atoms with Crippen LogP contribution in [0.4, 0.5) is 0 Å². The Hall–Kier alpha value is -2.54. The second-order valence-electron chi connectivity index (χ2n) is 7.27. The molecule has 0 bridgehead atoms. The molecular formula is C22H23BN2O3. The summed E-state index contributed by atoms with van der Waals surface area (Å²) in [6.45, 7) is 0.758. The zero-order valence-corrected chi connectivity index (χ0v) is 15.7. The SMILES string of the molecule is NCC(C(=O)Cc1ccc2cnccc2c1)c1ccc2c(c1)B(O)OCCC2. The van der Waals surface area contributed by atoms with Crippen molar-refractivity contribution in [1.29, 1.82) is 0 Å². The molecule has 3 aromatic rings. The second-order valence-corrected chi connectivity index (χ2v) is 7.27. The molecule has 5 nitrogen and oxygen atoms in total. The van der Waals surface area contributed by atoms with Crippen LogP contribution in [0.25, 0.3) is 10.8 Å². The third-order valence-corrected chi connectivity index (χ3v) is 5.41. The molecule has 4 rings (SSSR count). The third kappa shape index (κ3) is 3.85. The van der Waals surface area contributed by atoms with E-state index < -0.39 is 13.0 Å². The molecule has 1 unspecified atom stereocenters. The Morgan fingerprint density at radius 2 is 2.11 bits per heavy atom. The summed E-state index contributed by atoms with van der Waals surface area (Å²) in [7, 11) is -0.944. The van der Waals surface area contributed by atoms with Crippen LogP contribution in [0.5, 0.6) is 0 Å². The molecule has 3 N–H and O–H groups in total. The lowest BCUT2D eigenvalue weighted by atomic mass is 9.74. The number of hydrogen-bond acceptors (Lipinski definition) is 5. The zero-order chi connectivity index (χ0) is 19.5. The Balaban J connectivity index is 1.58. The topological polar surface area (TPSA) is 85.4 Å². The average Bonchev–Trinajstić information content (AvgIpc) is 2.90. The van der Waals surface area contributed by atoms with Crippen LogP contribution >= 0.6 is 0 Å². The lowest BCUT2D eigenvalue weighted by molar-refractivity contribution is -0.119. The molecule has 2 heterocycles. The Labute approximate surface area is 164 Å². The minimum absolute atomic E-state index is 0.0693. The van der Waals surface area contributed by atoms with Crippen molar-refractivity contribution in [3.8, 4) is 0 Å². The zero-order valence-electron chi connectivity index (χ0n) is 15.7. The summed E-state index contributed by atoms with van der Waals surface area (Å²) in [6, 6.07) is 13.7. The van der Waals surface area contributed by atoms with Crippen molar-refractivity contribution in [2.24, 2.45) is 5.73 Å². The van der Waals surface area contributed by atoms with Crippen LogP contribution in [0, 0.1) is 0 Å². The van der Waals surface area contributed by atoms with E-state index in [1.54, 1.807) is 6.20 Å². The molecule has 1 aliphatic heterocycles. The van der Waals surface area contributed by atoms with E-state index >= 15 is 0 Å². The monoisotopic (exact) mass is 374 g/mol. The third-order valence-electron chi connectivity index (χ3n) is 5.41. The molecule has 142 valence electrons. The quantitative estimate of drug-likeness (QED) is 0.665. The van der Waals surface area contributed by atoms with Crippen LogP contribution in [0.2, 0.25) is 0 Å². The van der Waals surface area contributed by atoms with Crippen molar-refractivity contribution < 1.29 is 14.5 Å². The number of aromatic nitrogens is 1. The smallest absolute Gasteiger partial charge is 0.423 e. The molecule has 0 saturated heterocycles. The molecule has 2 aromatic carbocycles. The normalized spacial score (nSPS) is 15.1. The number of Topliss-reactive ketones (excluding diaryl/α,β-unsaturated/α-hetero) is 1. The van der Waals surface area contributed by atoms with Crippen LogP contribution in [-0.2, 0) is 22.3 Å². The van der Waals surface area contributed by atoms with E-state index in [2.05, 4.69) is 4.98 Å². The minimum atomic E-state index is -0.944. The maximum absolute atomic E-state index is 13.0. The van der Waals surface area contributed by atoms with Gasteiger partial charge in [-0.25, -0.2) is 0 Å². The van der Waals surface area contributed by atoms with Gasteiger partial charge in [0.2, 0.25) is 0 Å². The van der Waals surface area contributed by atoms with E-state index in [9.17, 15) is 9.82 Å². The van der Waals surface area contributed by atoms with Gasteiger partial charge in [-0.05, 0) is 46.4 Å². The first-order valence-corrected chi connectivity index (χ1v) is 9.63. The number of rotatable bonds is 5. The van der Waals surface area contributed by atoms with Gasteiger partial charge in [0.05, 0.1) is 5.92 Å². The van der Waals surface area contributed by atoms with Gasteiger partial charge < -0.3 is 15.4 Å². The first kappa shape index (κ1) is 18.8. The van der Waals surface area contributed by atoms with Crippen LogP contribution in [0.3, 0.4) is 0 Å². The molecule has 0 aliphatic carbocycles. The van der Waals surface area contributed by atoms with Crippen molar-refractivity contribution >= 4 is 29.1 Å². The number of hydrogen-bond donors (Lipinski definition) is 2. The Morgan fingerprint density at radius 3 is 2.96 bits per heavy atom. The summed E-state index contributed by atoms with van der Waals surface area (Å²) in [5.41, 5.74) is 9.58. The van der Waals surface area contributed by atoms with Gasteiger partial charge in [0.15, 0.2) is 0 Å². The van der Waals surface area contributed by atoms with Gasteiger partial charge in [-0.1, -0.05) is 36.4 Å². The number of nitrogens with two attached hydrogens (primary N) is 1. The van der Waals surface area contributed by atoms with Gasteiger partial charge in [-0.2, -0.15) is 0 Å². The Kier molecular flexibility index (Phi) is 5.53. The number of pyridine rings is 1. The molecule has 0 radical (unpaired) electrons. The van der Waals surface area contributed by atoms with Crippen molar-refractivity contribution in [3.63, 3.8) is 0 Å². The number of fused-ring (bicyclic) bond motifs is 2. The molecular weight excluding hydrogens is 351 g/mol. The lowest BCUT2D eigenvalue weighted by Crippen LogP contribution is -2.36. The summed E-state index contributed by atoms with van der Waals surface area (Å²) in [4.78, 5) is 17.1. The minimum Gasteiger partial charge on any atom is -0.423 e. The highest BCUT2D eigenvalue weighted by molar-refractivity contribution is 6.60. The number of nitrogens with zero attached hydrogens (tertiary/aromatic N) is 1. The Morgan fingerprint density at radius 1 is 1.21 bits per heavy atom. The average molecular weight is 374 g/mol. The van der Waals surface area contributed by atoms with Gasteiger partial charge >= 0.3 is 7.12 Å². The van der Waals surface area contributed by atoms with Crippen LogP contribution < -0.4 is 11.2 Å². The van der Waals surface area contributed by atoms with E-state index in [1.807, 2.05) is 48.7 Å². The molecule has 1 aliphatic rings. The molecule has 0 fully saturated rings. The van der Waals surface area contributed by atoms with Gasteiger partial charge in [-0.15, -0.1) is 0 Å². The predicted octanol–water partition coefficient (Wildman–Crippen LogP) is 1.74. The number of benzene rings is 2. The predicted molar refractivity (Wildman–Crippen MR) is 111 cm³/mol. The van der Waals surface area contributed by atoms with Crippen molar-refractivity contribution in [2.75, 3.05) is 13.2 Å².